The van der Waals surface area contributed by atoms with Crippen LogP contribution in [-0.4, -0.2) is 41.1 Å². The lowest BCUT2D eigenvalue weighted by molar-refractivity contribution is 0.0171. The average Bonchev–Trinajstić information content (AvgIpc) is 2.56. The Hall–Kier alpha value is -1.24. The Balaban J connectivity index is 1.84. The number of aromatic nitrogens is 3. The number of nitrogens with zero attached hydrogens (tertiary/aromatic N) is 4. The van der Waals surface area contributed by atoms with E-state index in [0.717, 1.165) is 26.2 Å². The summed E-state index contributed by atoms with van der Waals surface area (Å²) in [5.74, 6) is 0.494. The summed E-state index contributed by atoms with van der Waals surface area (Å²) < 4.78 is 14.4. The van der Waals surface area contributed by atoms with Gasteiger partial charge in [0.1, 0.15) is 11.3 Å². The SMILES string of the molecule is CC(C)(C)C12CNCC(CN(c3nc(Cl)nc4c(F)c(Cl)ncc34)C1)C2. The highest BCUT2D eigenvalue weighted by Crippen LogP contribution is 2.49. The molecule has 2 aromatic rings. The monoisotopic (exact) mass is 397 g/mol. The fraction of sp³-hybridized carbons (Fsp3) is 0.611. The van der Waals surface area contributed by atoms with E-state index in [1.807, 2.05) is 0 Å². The summed E-state index contributed by atoms with van der Waals surface area (Å²) in [4.78, 5) is 14.7. The highest BCUT2D eigenvalue weighted by atomic mass is 35.5. The van der Waals surface area contributed by atoms with Crippen molar-refractivity contribution in [3.63, 3.8) is 0 Å². The molecular weight excluding hydrogens is 376 g/mol. The van der Waals surface area contributed by atoms with Crippen LogP contribution in [0.1, 0.15) is 27.2 Å². The Morgan fingerprint density at radius 1 is 1.31 bits per heavy atom. The zero-order valence-corrected chi connectivity index (χ0v) is 16.6. The number of halogens is 3. The van der Waals surface area contributed by atoms with Crippen LogP contribution < -0.4 is 10.2 Å². The van der Waals surface area contributed by atoms with Crippen LogP contribution in [0.15, 0.2) is 6.20 Å². The number of nitrogens with one attached hydrogen (secondary N) is 1. The second-order valence-corrected chi connectivity index (χ2v) is 9.25. The maximum atomic E-state index is 14.4. The third-order valence-electron chi connectivity index (χ3n) is 6.03. The van der Waals surface area contributed by atoms with Crippen LogP contribution in [0.5, 0.6) is 0 Å². The van der Waals surface area contributed by atoms with Gasteiger partial charge in [0.25, 0.3) is 0 Å². The van der Waals surface area contributed by atoms with Gasteiger partial charge in [-0.15, -0.1) is 0 Å². The number of rotatable bonds is 1. The van der Waals surface area contributed by atoms with E-state index in [2.05, 4.69) is 45.9 Å². The summed E-state index contributed by atoms with van der Waals surface area (Å²) >= 11 is 11.9. The lowest BCUT2D eigenvalue weighted by Gasteiger charge is -2.56. The predicted molar refractivity (Wildman–Crippen MR) is 102 cm³/mol. The van der Waals surface area contributed by atoms with Gasteiger partial charge in [0, 0.05) is 31.2 Å². The van der Waals surface area contributed by atoms with Gasteiger partial charge in [0.15, 0.2) is 11.0 Å². The molecule has 4 heterocycles. The van der Waals surface area contributed by atoms with E-state index in [1.54, 1.807) is 6.20 Å². The lowest BCUT2D eigenvalue weighted by atomic mass is 9.59. The first kappa shape index (κ1) is 18.1. The minimum atomic E-state index is -0.654. The van der Waals surface area contributed by atoms with E-state index >= 15 is 0 Å². The lowest BCUT2D eigenvalue weighted by Crippen LogP contribution is -2.62. The molecule has 1 N–H and O–H groups in total. The quantitative estimate of drug-likeness (QED) is 0.583. The van der Waals surface area contributed by atoms with Crippen molar-refractivity contribution < 1.29 is 4.39 Å². The van der Waals surface area contributed by atoms with E-state index in [9.17, 15) is 4.39 Å². The smallest absolute Gasteiger partial charge is 0.225 e. The van der Waals surface area contributed by atoms with Crippen LogP contribution in [0.25, 0.3) is 10.9 Å². The first-order chi connectivity index (χ1) is 12.2. The van der Waals surface area contributed by atoms with Crippen LogP contribution in [0.2, 0.25) is 10.4 Å². The first-order valence-corrected chi connectivity index (χ1v) is 9.59. The Labute approximate surface area is 162 Å². The Morgan fingerprint density at radius 2 is 2.08 bits per heavy atom. The maximum absolute atomic E-state index is 14.4. The fourth-order valence-electron chi connectivity index (χ4n) is 4.41. The molecule has 4 rings (SSSR count). The molecule has 0 spiro atoms. The Morgan fingerprint density at radius 3 is 2.81 bits per heavy atom. The first-order valence-electron chi connectivity index (χ1n) is 8.83. The average molecular weight is 398 g/mol. The van der Waals surface area contributed by atoms with Gasteiger partial charge in [-0.1, -0.05) is 32.4 Å². The van der Waals surface area contributed by atoms with Gasteiger partial charge < -0.3 is 10.2 Å². The van der Waals surface area contributed by atoms with Gasteiger partial charge in [-0.2, -0.15) is 4.98 Å². The van der Waals surface area contributed by atoms with Crippen molar-refractivity contribution in [2.24, 2.45) is 16.7 Å². The summed E-state index contributed by atoms with van der Waals surface area (Å²) in [5.41, 5.74) is 0.353. The van der Waals surface area contributed by atoms with Crippen LogP contribution in [0.3, 0.4) is 0 Å². The standard InChI is InChI=1S/C18H22Cl2FN5/c1-17(2,3)18-4-10(5-22-8-18)7-26(9-18)15-11-6-23-14(19)12(21)13(11)24-16(20)25-15/h6,10,22H,4-5,7-9H2,1-3H3. The molecule has 2 unspecified atom stereocenters. The van der Waals surface area contributed by atoms with Crippen molar-refractivity contribution in [1.82, 2.24) is 20.3 Å². The summed E-state index contributed by atoms with van der Waals surface area (Å²) in [6, 6.07) is 0. The molecule has 2 bridgehead atoms. The highest BCUT2D eigenvalue weighted by molar-refractivity contribution is 6.30. The molecule has 140 valence electrons. The molecular formula is C18H22Cl2FN5. The van der Waals surface area contributed by atoms with Crippen molar-refractivity contribution in [2.45, 2.75) is 27.2 Å². The summed E-state index contributed by atoms with van der Waals surface area (Å²) in [5, 5.41) is 3.96. The van der Waals surface area contributed by atoms with Gasteiger partial charge in [0.2, 0.25) is 5.28 Å². The molecule has 2 aliphatic rings. The predicted octanol–water partition coefficient (Wildman–Crippen LogP) is 3.93. The van der Waals surface area contributed by atoms with Crippen LogP contribution in [0.4, 0.5) is 10.2 Å². The number of hydrogen-bond acceptors (Lipinski definition) is 5. The van der Waals surface area contributed by atoms with Crippen LogP contribution in [-0.2, 0) is 0 Å². The van der Waals surface area contributed by atoms with E-state index in [1.165, 1.54) is 6.42 Å². The van der Waals surface area contributed by atoms with Crippen molar-refractivity contribution >= 4 is 39.9 Å². The van der Waals surface area contributed by atoms with Crippen molar-refractivity contribution in [2.75, 3.05) is 31.1 Å². The number of anilines is 1. The Bertz CT molecular complexity index is 869. The zero-order chi connectivity index (χ0) is 18.7. The minimum absolute atomic E-state index is 0.0207. The molecule has 2 aliphatic heterocycles. The van der Waals surface area contributed by atoms with Gasteiger partial charge in [-0.05, 0) is 35.9 Å². The summed E-state index contributed by atoms with van der Waals surface area (Å²) in [6.45, 7) is 10.5. The second kappa shape index (κ2) is 6.14. The molecule has 2 aromatic heterocycles. The molecule has 0 radical (unpaired) electrons. The van der Waals surface area contributed by atoms with E-state index in [4.69, 9.17) is 23.2 Å². The van der Waals surface area contributed by atoms with Crippen LogP contribution >= 0.6 is 23.2 Å². The molecule has 2 saturated heterocycles. The van der Waals surface area contributed by atoms with Gasteiger partial charge in [-0.3, -0.25) is 0 Å². The molecule has 2 fully saturated rings. The molecule has 5 nitrogen and oxygen atoms in total. The molecule has 0 amide bonds. The second-order valence-electron chi connectivity index (χ2n) is 8.55. The van der Waals surface area contributed by atoms with Gasteiger partial charge in [0.05, 0.1) is 5.39 Å². The molecule has 26 heavy (non-hydrogen) atoms. The normalized spacial score (nSPS) is 26.4. The van der Waals surface area contributed by atoms with Gasteiger partial charge >= 0.3 is 0 Å². The fourth-order valence-corrected chi connectivity index (χ4v) is 4.71. The number of fused-ring (bicyclic) bond motifs is 3. The number of pyridine rings is 1. The zero-order valence-electron chi connectivity index (χ0n) is 15.1. The topological polar surface area (TPSA) is 53.9 Å². The molecule has 0 saturated carbocycles. The van der Waals surface area contributed by atoms with Crippen molar-refractivity contribution in [1.29, 1.82) is 0 Å². The molecule has 0 aliphatic carbocycles. The minimum Gasteiger partial charge on any atom is -0.355 e. The number of hydrogen-bond donors (Lipinski definition) is 1. The van der Waals surface area contributed by atoms with E-state index < -0.39 is 5.82 Å². The largest absolute Gasteiger partial charge is 0.355 e. The summed E-state index contributed by atoms with van der Waals surface area (Å²) in [6.07, 6.45) is 2.72. The van der Waals surface area contributed by atoms with E-state index in [-0.39, 0.29) is 26.8 Å². The Kier molecular flexibility index (Phi) is 4.29. The van der Waals surface area contributed by atoms with Gasteiger partial charge in [-0.25, -0.2) is 14.4 Å². The van der Waals surface area contributed by atoms with Crippen molar-refractivity contribution in [3.05, 3.63) is 22.5 Å². The highest BCUT2D eigenvalue weighted by Gasteiger charge is 2.50. The third-order valence-corrected chi connectivity index (χ3v) is 6.47. The van der Waals surface area contributed by atoms with E-state index in [0.29, 0.717) is 17.1 Å². The summed E-state index contributed by atoms with van der Waals surface area (Å²) in [7, 11) is 0. The number of piperidine rings is 2. The van der Waals surface area contributed by atoms with Crippen molar-refractivity contribution in [3.8, 4) is 0 Å². The van der Waals surface area contributed by atoms with Crippen LogP contribution in [0, 0.1) is 22.6 Å². The maximum Gasteiger partial charge on any atom is 0.225 e. The third kappa shape index (κ3) is 2.83. The molecule has 8 heteroatoms. The molecule has 2 atom stereocenters. The molecule has 0 aromatic carbocycles.